The highest BCUT2D eigenvalue weighted by Gasteiger charge is 2.31. The molecule has 0 bridgehead atoms. The molecule has 0 fully saturated rings. The third-order valence-corrected chi connectivity index (χ3v) is 4.83. The van der Waals surface area contributed by atoms with E-state index in [2.05, 4.69) is 22.8 Å². The number of alkyl halides is 3. The van der Waals surface area contributed by atoms with Crippen molar-refractivity contribution in [1.82, 2.24) is 5.32 Å². The molecule has 4 N–H and O–H groups in total. The van der Waals surface area contributed by atoms with E-state index >= 15 is 0 Å². The van der Waals surface area contributed by atoms with Crippen LogP contribution in [0.15, 0.2) is 36.4 Å². The molecule has 1 aliphatic rings. The molecule has 0 saturated heterocycles. The first-order valence-corrected chi connectivity index (χ1v) is 8.79. The quantitative estimate of drug-likeness (QED) is 0.510. The van der Waals surface area contributed by atoms with Gasteiger partial charge in [-0.2, -0.15) is 13.2 Å². The predicted molar refractivity (Wildman–Crippen MR) is 102 cm³/mol. The number of nitrogens with one attached hydrogen (secondary N) is 2. The summed E-state index contributed by atoms with van der Waals surface area (Å²) in [4.78, 5) is 0. The van der Waals surface area contributed by atoms with E-state index in [1.165, 1.54) is 11.1 Å². The van der Waals surface area contributed by atoms with Gasteiger partial charge in [0.05, 0.1) is 23.0 Å². The van der Waals surface area contributed by atoms with Crippen LogP contribution < -0.4 is 16.4 Å². The highest BCUT2D eigenvalue weighted by Crippen LogP contribution is 2.35. The lowest BCUT2D eigenvalue weighted by Gasteiger charge is -2.28. The van der Waals surface area contributed by atoms with E-state index in [-0.39, 0.29) is 11.7 Å². The lowest BCUT2D eigenvalue weighted by molar-refractivity contribution is -0.137. The summed E-state index contributed by atoms with van der Waals surface area (Å²) in [5.74, 6) is 0. The average molecular weight is 379 g/mol. The molecular formula is C19H20F3N3S. The van der Waals surface area contributed by atoms with E-state index in [0.717, 1.165) is 31.4 Å². The standard InChI is InChI=1S/C19H20F3N3S/c1-11-9-13(19(20,21)22)10-15(23)17(11)25-18(26)24-16-8-4-6-12-5-2-3-7-14(12)16/h2-3,5,7,9-10,16H,4,6,8,23H2,1H3,(H2,24,25,26). The van der Waals surface area contributed by atoms with Gasteiger partial charge in [0, 0.05) is 0 Å². The fourth-order valence-electron chi connectivity index (χ4n) is 3.36. The van der Waals surface area contributed by atoms with Crippen LogP contribution in [0.25, 0.3) is 0 Å². The van der Waals surface area contributed by atoms with Gasteiger partial charge < -0.3 is 16.4 Å². The van der Waals surface area contributed by atoms with Crippen molar-refractivity contribution in [3.05, 3.63) is 58.7 Å². The van der Waals surface area contributed by atoms with E-state index < -0.39 is 11.7 Å². The zero-order chi connectivity index (χ0) is 18.9. The van der Waals surface area contributed by atoms with Crippen molar-refractivity contribution in [3.63, 3.8) is 0 Å². The second-order valence-corrected chi connectivity index (χ2v) is 6.91. The average Bonchev–Trinajstić information content (AvgIpc) is 2.57. The SMILES string of the molecule is Cc1cc(C(F)(F)F)cc(N)c1NC(=S)NC1CCCc2ccccc21. The molecule has 26 heavy (non-hydrogen) atoms. The van der Waals surface area contributed by atoms with Crippen LogP contribution in [0.3, 0.4) is 0 Å². The monoisotopic (exact) mass is 379 g/mol. The molecule has 1 unspecified atom stereocenters. The summed E-state index contributed by atoms with van der Waals surface area (Å²) in [5.41, 5.74) is 8.38. The molecule has 0 aliphatic heterocycles. The van der Waals surface area contributed by atoms with Crippen LogP contribution in [-0.4, -0.2) is 5.11 Å². The maximum Gasteiger partial charge on any atom is 0.416 e. The molecular weight excluding hydrogens is 359 g/mol. The first-order valence-electron chi connectivity index (χ1n) is 8.38. The number of anilines is 2. The lowest BCUT2D eigenvalue weighted by atomic mass is 9.88. The van der Waals surface area contributed by atoms with Crippen molar-refractivity contribution in [1.29, 1.82) is 0 Å². The molecule has 0 radical (unpaired) electrons. The molecule has 0 spiro atoms. The molecule has 3 rings (SSSR count). The molecule has 0 heterocycles. The van der Waals surface area contributed by atoms with Crippen molar-refractivity contribution in [2.24, 2.45) is 0 Å². The van der Waals surface area contributed by atoms with Crippen LogP contribution in [0.1, 0.15) is 41.1 Å². The van der Waals surface area contributed by atoms with E-state index in [9.17, 15) is 13.2 Å². The Hall–Kier alpha value is -2.28. The summed E-state index contributed by atoms with van der Waals surface area (Å²) >= 11 is 5.37. The van der Waals surface area contributed by atoms with Gasteiger partial charge >= 0.3 is 6.18 Å². The van der Waals surface area contributed by atoms with Crippen molar-refractivity contribution >= 4 is 28.7 Å². The number of rotatable bonds is 2. The Morgan fingerprint density at radius 3 is 2.65 bits per heavy atom. The van der Waals surface area contributed by atoms with Gasteiger partial charge in [-0.05, 0) is 67.2 Å². The Labute approximate surface area is 155 Å². The molecule has 1 atom stereocenters. The minimum absolute atomic E-state index is 0.0190. The number of fused-ring (bicyclic) bond motifs is 1. The zero-order valence-corrected chi connectivity index (χ0v) is 15.1. The van der Waals surface area contributed by atoms with Crippen LogP contribution in [0.4, 0.5) is 24.5 Å². The van der Waals surface area contributed by atoms with Gasteiger partial charge in [-0.1, -0.05) is 24.3 Å². The third kappa shape index (κ3) is 3.93. The lowest BCUT2D eigenvalue weighted by Crippen LogP contribution is -2.34. The van der Waals surface area contributed by atoms with Crippen molar-refractivity contribution < 1.29 is 13.2 Å². The normalized spacial score (nSPS) is 16.7. The summed E-state index contributed by atoms with van der Waals surface area (Å²) in [7, 11) is 0. The van der Waals surface area contributed by atoms with Gasteiger partial charge in [-0.3, -0.25) is 0 Å². The summed E-state index contributed by atoms with van der Waals surface area (Å²) < 4.78 is 38.6. The van der Waals surface area contributed by atoms with E-state index in [0.29, 0.717) is 16.4 Å². The van der Waals surface area contributed by atoms with E-state index in [1.54, 1.807) is 6.92 Å². The largest absolute Gasteiger partial charge is 0.416 e. The minimum atomic E-state index is -4.43. The van der Waals surface area contributed by atoms with Crippen LogP contribution in [0.5, 0.6) is 0 Å². The predicted octanol–water partition coefficient (Wildman–Crippen LogP) is 4.96. The van der Waals surface area contributed by atoms with Crippen LogP contribution in [0, 0.1) is 6.92 Å². The highest BCUT2D eigenvalue weighted by atomic mass is 32.1. The maximum absolute atomic E-state index is 12.9. The Kier molecular flexibility index (Phi) is 5.09. The summed E-state index contributed by atoms with van der Waals surface area (Å²) in [6, 6.07) is 10.3. The van der Waals surface area contributed by atoms with Gasteiger partial charge in [0.1, 0.15) is 0 Å². The fourth-order valence-corrected chi connectivity index (χ4v) is 3.60. The summed E-state index contributed by atoms with van der Waals surface area (Å²) in [5, 5.41) is 6.58. The fraction of sp³-hybridized carbons (Fsp3) is 0.316. The first kappa shape index (κ1) is 18.5. The number of nitrogens with two attached hydrogens (primary N) is 1. The van der Waals surface area contributed by atoms with E-state index in [4.69, 9.17) is 18.0 Å². The maximum atomic E-state index is 12.9. The number of aryl methyl sites for hydroxylation is 2. The Balaban J connectivity index is 1.75. The Bertz CT molecular complexity index is 810. The van der Waals surface area contributed by atoms with Gasteiger partial charge in [0.15, 0.2) is 5.11 Å². The Morgan fingerprint density at radius 1 is 1.23 bits per heavy atom. The van der Waals surface area contributed by atoms with Crippen LogP contribution in [-0.2, 0) is 12.6 Å². The van der Waals surface area contributed by atoms with Crippen molar-refractivity contribution in [2.45, 2.75) is 38.4 Å². The zero-order valence-electron chi connectivity index (χ0n) is 14.3. The molecule has 3 nitrogen and oxygen atoms in total. The number of benzene rings is 2. The molecule has 1 aliphatic carbocycles. The molecule has 0 amide bonds. The molecule has 2 aromatic carbocycles. The highest BCUT2D eigenvalue weighted by molar-refractivity contribution is 7.80. The summed E-state index contributed by atoms with van der Waals surface area (Å²) in [6.07, 6.45) is -1.39. The van der Waals surface area contributed by atoms with Crippen molar-refractivity contribution in [2.75, 3.05) is 11.1 Å². The number of nitrogen functional groups attached to an aromatic ring is 1. The van der Waals surface area contributed by atoms with Gasteiger partial charge in [-0.25, -0.2) is 0 Å². The first-order chi connectivity index (χ1) is 12.3. The van der Waals surface area contributed by atoms with Crippen LogP contribution >= 0.6 is 12.2 Å². The third-order valence-electron chi connectivity index (χ3n) is 4.61. The number of halogens is 3. The van der Waals surface area contributed by atoms with Crippen LogP contribution in [0.2, 0.25) is 0 Å². The van der Waals surface area contributed by atoms with Crippen molar-refractivity contribution in [3.8, 4) is 0 Å². The van der Waals surface area contributed by atoms with Gasteiger partial charge in [0.25, 0.3) is 0 Å². The molecule has 0 aromatic heterocycles. The number of hydrogen-bond donors (Lipinski definition) is 3. The minimum Gasteiger partial charge on any atom is -0.397 e. The number of hydrogen-bond acceptors (Lipinski definition) is 2. The summed E-state index contributed by atoms with van der Waals surface area (Å²) in [6.45, 7) is 1.58. The molecule has 0 saturated carbocycles. The Morgan fingerprint density at radius 2 is 1.96 bits per heavy atom. The molecule has 7 heteroatoms. The van der Waals surface area contributed by atoms with E-state index in [1.807, 2.05) is 12.1 Å². The molecule has 2 aromatic rings. The second kappa shape index (κ2) is 7.15. The molecule has 138 valence electrons. The topological polar surface area (TPSA) is 50.1 Å². The number of thiocarbonyl (C=S) groups is 1. The second-order valence-electron chi connectivity index (χ2n) is 6.50. The smallest absolute Gasteiger partial charge is 0.397 e. The van der Waals surface area contributed by atoms with Gasteiger partial charge in [0.2, 0.25) is 0 Å². The van der Waals surface area contributed by atoms with Gasteiger partial charge in [-0.15, -0.1) is 0 Å².